The van der Waals surface area contributed by atoms with Crippen molar-refractivity contribution in [1.82, 2.24) is 15.1 Å². The molecule has 3 rings (SSSR count). The van der Waals surface area contributed by atoms with Crippen LogP contribution in [-0.4, -0.2) is 60.2 Å². The summed E-state index contributed by atoms with van der Waals surface area (Å²) in [6.45, 7) is 1.66. The molecule has 2 aromatic carbocycles. The smallest absolute Gasteiger partial charge is 0.254 e. The molecule has 0 saturated carbocycles. The van der Waals surface area contributed by atoms with E-state index in [4.69, 9.17) is 0 Å². The molecule has 1 aliphatic heterocycles. The molecule has 0 bridgehead atoms. The number of rotatable bonds is 4. The Morgan fingerprint density at radius 1 is 0.857 bits per heavy atom. The summed E-state index contributed by atoms with van der Waals surface area (Å²) < 4.78 is 13.4. The zero-order chi connectivity index (χ0) is 19.9. The molecular weight excluding hydrogens is 361 g/mol. The summed E-state index contributed by atoms with van der Waals surface area (Å²) in [6.07, 6.45) is 0.624. The zero-order valence-electron chi connectivity index (χ0n) is 15.4. The van der Waals surface area contributed by atoms with Crippen molar-refractivity contribution in [1.29, 1.82) is 0 Å². The standard InChI is InChI=1S/C21H22FN3O3/c22-18-9-4-8-17(14-18)21(28)25-11-5-10-24(12-13-25)19(26)15-23-20(27)16-6-2-1-3-7-16/h1-4,6-9,14H,5,10-13,15H2,(H,23,27). The molecule has 7 heteroatoms. The lowest BCUT2D eigenvalue weighted by Gasteiger charge is -2.22. The first-order valence-electron chi connectivity index (χ1n) is 9.20. The van der Waals surface area contributed by atoms with Crippen LogP contribution in [0.1, 0.15) is 27.1 Å². The molecule has 1 heterocycles. The van der Waals surface area contributed by atoms with E-state index >= 15 is 0 Å². The number of benzene rings is 2. The maximum atomic E-state index is 13.4. The van der Waals surface area contributed by atoms with Gasteiger partial charge in [-0.25, -0.2) is 4.39 Å². The van der Waals surface area contributed by atoms with Crippen LogP contribution in [0.25, 0.3) is 0 Å². The quantitative estimate of drug-likeness (QED) is 0.877. The maximum Gasteiger partial charge on any atom is 0.254 e. The highest BCUT2D eigenvalue weighted by Gasteiger charge is 2.23. The summed E-state index contributed by atoms with van der Waals surface area (Å²) in [4.78, 5) is 40.3. The van der Waals surface area contributed by atoms with Gasteiger partial charge in [-0.05, 0) is 36.8 Å². The average molecular weight is 383 g/mol. The van der Waals surface area contributed by atoms with Crippen molar-refractivity contribution in [3.63, 3.8) is 0 Å². The van der Waals surface area contributed by atoms with Gasteiger partial charge in [0.05, 0.1) is 6.54 Å². The first-order valence-corrected chi connectivity index (χ1v) is 9.20. The fraction of sp³-hybridized carbons (Fsp3) is 0.286. The minimum atomic E-state index is -0.452. The van der Waals surface area contributed by atoms with Gasteiger partial charge in [-0.3, -0.25) is 14.4 Å². The number of hydrogen-bond acceptors (Lipinski definition) is 3. The molecule has 0 radical (unpaired) electrons. The van der Waals surface area contributed by atoms with E-state index in [0.29, 0.717) is 43.7 Å². The third-order valence-corrected chi connectivity index (χ3v) is 4.64. The molecule has 3 amide bonds. The second-order valence-corrected chi connectivity index (χ2v) is 6.59. The lowest BCUT2D eigenvalue weighted by atomic mass is 10.2. The first-order chi connectivity index (χ1) is 13.5. The maximum absolute atomic E-state index is 13.4. The summed E-state index contributed by atoms with van der Waals surface area (Å²) in [5.74, 6) is -1.19. The highest BCUT2D eigenvalue weighted by molar-refractivity contribution is 5.96. The molecule has 0 atom stereocenters. The molecule has 146 valence electrons. The molecule has 0 unspecified atom stereocenters. The molecule has 28 heavy (non-hydrogen) atoms. The molecular formula is C21H22FN3O3. The van der Waals surface area contributed by atoms with Crippen molar-refractivity contribution in [2.24, 2.45) is 0 Å². The van der Waals surface area contributed by atoms with Crippen LogP contribution in [-0.2, 0) is 4.79 Å². The summed E-state index contributed by atoms with van der Waals surface area (Å²) in [5.41, 5.74) is 0.799. The van der Waals surface area contributed by atoms with Crippen LogP contribution in [0.2, 0.25) is 0 Å². The van der Waals surface area contributed by atoms with Crippen molar-refractivity contribution >= 4 is 17.7 Å². The molecule has 2 aromatic rings. The number of carbonyl (C=O) groups excluding carboxylic acids is 3. The SMILES string of the molecule is O=C(NCC(=O)N1CCCN(C(=O)c2cccc(F)c2)CC1)c1ccccc1. The Hall–Kier alpha value is -3.22. The monoisotopic (exact) mass is 383 g/mol. The van der Waals surface area contributed by atoms with Crippen molar-refractivity contribution in [3.8, 4) is 0 Å². The number of hydrogen-bond donors (Lipinski definition) is 1. The number of nitrogens with zero attached hydrogens (tertiary/aromatic N) is 2. The van der Waals surface area contributed by atoms with Crippen molar-refractivity contribution in [3.05, 3.63) is 71.5 Å². The topological polar surface area (TPSA) is 69.7 Å². The minimum Gasteiger partial charge on any atom is -0.343 e. The van der Waals surface area contributed by atoms with Crippen LogP contribution in [0, 0.1) is 5.82 Å². The third kappa shape index (κ3) is 4.94. The van der Waals surface area contributed by atoms with Gasteiger partial charge in [-0.2, -0.15) is 0 Å². The van der Waals surface area contributed by atoms with Gasteiger partial charge in [0.25, 0.3) is 11.8 Å². The largest absolute Gasteiger partial charge is 0.343 e. The van der Waals surface area contributed by atoms with Gasteiger partial charge >= 0.3 is 0 Å². The van der Waals surface area contributed by atoms with Gasteiger partial charge in [0, 0.05) is 37.3 Å². The van der Waals surface area contributed by atoms with Gasteiger partial charge in [0.2, 0.25) is 5.91 Å². The lowest BCUT2D eigenvalue weighted by Crippen LogP contribution is -2.42. The highest BCUT2D eigenvalue weighted by atomic mass is 19.1. The van der Waals surface area contributed by atoms with Crippen LogP contribution in [0.15, 0.2) is 54.6 Å². The van der Waals surface area contributed by atoms with Gasteiger partial charge in [-0.1, -0.05) is 24.3 Å². The molecule has 1 fully saturated rings. The van der Waals surface area contributed by atoms with E-state index in [0.717, 1.165) is 0 Å². The highest BCUT2D eigenvalue weighted by Crippen LogP contribution is 2.11. The Balaban J connectivity index is 1.52. The van der Waals surface area contributed by atoms with Gasteiger partial charge in [0.15, 0.2) is 0 Å². The molecule has 0 aromatic heterocycles. The fourth-order valence-corrected chi connectivity index (χ4v) is 3.13. The van der Waals surface area contributed by atoms with Crippen molar-refractivity contribution < 1.29 is 18.8 Å². The molecule has 1 N–H and O–H groups in total. The summed E-state index contributed by atoms with van der Waals surface area (Å²) >= 11 is 0. The number of amides is 3. The minimum absolute atomic E-state index is 0.0917. The van der Waals surface area contributed by atoms with E-state index in [2.05, 4.69) is 5.32 Å². The average Bonchev–Trinajstić information content (AvgIpc) is 2.98. The third-order valence-electron chi connectivity index (χ3n) is 4.64. The van der Waals surface area contributed by atoms with E-state index in [-0.39, 0.29) is 24.3 Å². The number of halogens is 1. The van der Waals surface area contributed by atoms with Gasteiger partial charge in [-0.15, -0.1) is 0 Å². The van der Waals surface area contributed by atoms with Crippen LogP contribution in [0.4, 0.5) is 4.39 Å². The van der Waals surface area contributed by atoms with Crippen LogP contribution >= 0.6 is 0 Å². The Bertz CT molecular complexity index is 857. The predicted molar refractivity (Wildman–Crippen MR) is 102 cm³/mol. The number of nitrogens with one attached hydrogen (secondary N) is 1. The zero-order valence-corrected chi connectivity index (χ0v) is 15.4. The molecule has 0 aliphatic carbocycles. The Morgan fingerprint density at radius 2 is 1.54 bits per heavy atom. The fourth-order valence-electron chi connectivity index (χ4n) is 3.13. The summed E-state index contributed by atoms with van der Waals surface area (Å²) in [5, 5.41) is 2.63. The molecule has 0 spiro atoms. The normalized spacial score (nSPS) is 14.3. The van der Waals surface area contributed by atoms with E-state index < -0.39 is 5.82 Å². The van der Waals surface area contributed by atoms with E-state index in [1.807, 2.05) is 6.07 Å². The predicted octanol–water partition coefficient (Wildman–Crippen LogP) is 1.93. The van der Waals surface area contributed by atoms with E-state index in [1.54, 1.807) is 40.1 Å². The Kier molecular flexibility index (Phi) is 6.37. The number of carbonyl (C=O) groups is 3. The first kappa shape index (κ1) is 19.5. The van der Waals surface area contributed by atoms with Crippen LogP contribution < -0.4 is 5.32 Å². The Morgan fingerprint density at radius 3 is 2.29 bits per heavy atom. The van der Waals surface area contributed by atoms with E-state index in [9.17, 15) is 18.8 Å². The second-order valence-electron chi connectivity index (χ2n) is 6.59. The lowest BCUT2D eigenvalue weighted by molar-refractivity contribution is -0.129. The Labute approximate surface area is 162 Å². The van der Waals surface area contributed by atoms with E-state index in [1.165, 1.54) is 18.2 Å². The van der Waals surface area contributed by atoms with Crippen molar-refractivity contribution in [2.75, 3.05) is 32.7 Å². The summed E-state index contributed by atoms with van der Waals surface area (Å²) in [6, 6.07) is 14.3. The van der Waals surface area contributed by atoms with Gasteiger partial charge in [0.1, 0.15) is 5.82 Å². The summed E-state index contributed by atoms with van der Waals surface area (Å²) in [7, 11) is 0. The second kappa shape index (κ2) is 9.12. The van der Waals surface area contributed by atoms with Crippen LogP contribution in [0.5, 0.6) is 0 Å². The molecule has 6 nitrogen and oxygen atoms in total. The van der Waals surface area contributed by atoms with Gasteiger partial charge < -0.3 is 15.1 Å². The van der Waals surface area contributed by atoms with Crippen molar-refractivity contribution in [2.45, 2.75) is 6.42 Å². The molecule has 1 saturated heterocycles. The van der Waals surface area contributed by atoms with Crippen LogP contribution in [0.3, 0.4) is 0 Å². The molecule has 1 aliphatic rings.